The molecule has 0 spiro atoms. The fourth-order valence-corrected chi connectivity index (χ4v) is 1.99. The quantitative estimate of drug-likeness (QED) is 0.855. The monoisotopic (exact) mass is 287 g/mol. The van der Waals surface area contributed by atoms with Crippen molar-refractivity contribution in [1.82, 2.24) is 0 Å². The number of fused-ring (bicyclic) bond motifs is 1. The van der Waals surface area contributed by atoms with Gasteiger partial charge < -0.3 is 19.2 Å². The lowest BCUT2D eigenvalue weighted by Crippen LogP contribution is -2.13. The van der Waals surface area contributed by atoms with Crippen LogP contribution in [0.15, 0.2) is 41.0 Å². The molecule has 0 radical (unpaired) electrons. The molecule has 0 fully saturated rings. The number of benzene rings is 1. The topological polar surface area (TPSA) is 77.8 Å². The van der Waals surface area contributed by atoms with E-state index in [2.05, 4.69) is 5.32 Å². The molecule has 6 nitrogen and oxygen atoms in total. The maximum atomic E-state index is 11.8. The maximum Gasteiger partial charge on any atom is 0.231 e. The summed E-state index contributed by atoms with van der Waals surface area (Å²) in [5, 5.41) is 2.71. The number of nitrogens with one attached hydrogen (secondary N) is 1. The Balaban J connectivity index is 1.53. The number of ether oxygens (including phenoxy) is 2. The highest BCUT2D eigenvalue weighted by Crippen LogP contribution is 2.34. The molecule has 21 heavy (non-hydrogen) atoms. The van der Waals surface area contributed by atoms with E-state index in [0.29, 0.717) is 17.2 Å². The Kier molecular flexibility index (Phi) is 3.59. The molecule has 0 saturated heterocycles. The van der Waals surface area contributed by atoms with Gasteiger partial charge in [0.05, 0.1) is 6.26 Å². The Morgan fingerprint density at radius 3 is 2.76 bits per heavy atom. The van der Waals surface area contributed by atoms with E-state index in [4.69, 9.17) is 13.9 Å². The largest absolute Gasteiger partial charge is 0.461 e. The molecular weight excluding hydrogens is 274 g/mol. The number of anilines is 1. The normalized spacial score (nSPS) is 12.2. The number of hydrogen-bond donors (Lipinski definition) is 1. The summed E-state index contributed by atoms with van der Waals surface area (Å²) >= 11 is 0. The van der Waals surface area contributed by atoms with Crippen LogP contribution in [0.25, 0.3) is 0 Å². The van der Waals surface area contributed by atoms with Gasteiger partial charge in [-0.2, -0.15) is 0 Å². The summed E-state index contributed by atoms with van der Waals surface area (Å²) in [4.78, 5) is 23.5. The summed E-state index contributed by atoms with van der Waals surface area (Å²) < 4.78 is 15.4. The molecular formula is C15H13NO5. The number of hydrogen-bond acceptors (Lipinski definition) is 5. The van der Waals surface area contributed by atoms with Gasteiger partial charge in [-0.15, -0.1) is 0 Å². The van der Waals surface area contributed by atoms with E-state index >= 15 is 0 Å². The predicted molar refractivity (Wildman–Crippen MR) is 73.5 cm³/mol. The lowest BCUT2D eigenvalue weighted by molar-refractivity contribution is -0.116. The van der Waals surface area contributed by atoms with Crippen molar-refractivity contribution in [2.45, 2.75) is 12.8 Å². The van der Waals surface area contributed by atoms with Gasteiger partial charge in [-0.3, -0.25) is 9.59 Å². The van der Waals surface area contributed by atoms with Crippen LogP contribution in [0.5, 0.6) is 11.5 Å². The molecule has 0 atom stereocenters. The molecule has 1 amide bonds. The number of Topliss-reactive ketones (excluding diaryl/α,β-unsaturated/α-hetero) is 1. The number of ketones is 1. The van der Waals surface area contributed by atoms with Crippen LogP contribution >= 0.6 is 0 Å². The van der Waals surface area contributed by atoms with E-state index in [1.807, 2.05) is 0 Å². The number of rotatable bonds is 5. The van der Waals surface area contributed by atoms with Crippen LogP contribution in [-0.4, -0.2) is 18.5 Å². The van der Waals surface area contributed by atoms with Gasteiger partial charge in [0, 0.05) is 24.6 Å². The van der Waals surface area contributed by atoms with Crippen molar-refractivity contribution < 1.29 is 23.5 Å². The van der Waals surface area contributed by atoms with Crippen molar-refractivity contribution >= 4 is 17.4 Å². The molecule has 0 bridgehead atoms. The molecule has 1 N–H and O–H groups in total. The molecule has 0 unspecified atom stereocenters. The molecule has 108 valence electrons. The van der Waals surface area contributed by atoms with E-state index in [0.717, 1.165) is 0 Å². The van der Waals surface area contributed by atoms with E-state index in [1.54, 1.807) is 30.3 Å². The summed E-state index contributed by atoms with van der Waals surface area (Å²) in [6.07, 6.45) is 1.62. The molecule has 2 aromatic rings. The highest BCUT2D eigenvalue weighted by atomic mass is 16.7. The van der Waals surface area contributed by atoms with E-state index < -0.39 is 0 Å². The Morgan fingerprint density at radius 1 is 1.10 bits per heavy atom. The third-order valence-corrected chi connectivity index (χ3v) is 3.03. The minimum Gasteiger partial charge on any atom is -0.461 e. The average molecular weight is 287 g/mol. The molecule has 0 saturated carbocycles. The van der Waals surface area contributed by atoms with Gasteiger partial charge in [0.2, 0.25) is 12.7 Å². The Labute approximate surface area is 120 Å². The van der Waals surface area contributed by atoms with Gasteiger partial charge in [-0.25, -0.2) is 0 Å². The van der Waals surface area contributed by atoms with E-state index in [9.17, 15) is 9.59 Å². The van der Waals surface area contributed by atoms with Crippen molar-refractivity contribution in [1.29, 1.82) is 0 Å². The molecule has 3 rings (SSSR count). The van der Waals surface area contributed by atoms with Crippen LogP contribution < -0.4 is 14.8 Å². The summed E-state index contributed by atoms with van der Waals surface area (Å²) in [7, 11) is 0. The summed E-state index contributed by atoms with van der Waals surface area (Å²) in [6.45, 7) is 0.185. The highest BCUT2D eigenvalue weighted by Gasteiger charge is 2.15. The zero-order chi connectivity index (χ0) is 14.7. The fraction of sp³-hybridized carbons (Fsp3) is 0.200. The van der Waals surface area contributed by atoms with Crippen molar-refractivity contribution in [3.05, 3.63) is 42.4 Å². The first-order valence-corrected chi connectivity index (χ1v) is 6.48. The van der Waals surface area contributed by atoms with Crippen LogP contribution in [0.3, 0.4) is 0 Å². The van der Waals surface area contributed by atoms with Crippen LogP contribution in [-0.2, 0) is 4.79 Å². The zero-order valence-electron chi connectivity index (χ0n) is 11.1. The molecule has 1 aliphatic heterocycles. The van der Waals surface area contributed by atoms with Crippen molar-refractivity contribution in [2.75, 3.05) is 12.1 Å². The molecule has 1 aromatic heterocycles. The number of carbonyl (C=O) groups is 2. The minimum absolute atomic E-state index is 0.0912. The molecule has 6 heteroatoms. The summed E-state index contributed by atoms with van der Waals surface area (Å²) in [5.41, 5.74) is 0.606. The number of amides is 1. The fourth-order valence-electron chi connectivity index (χ4n) is 1.99. The van der Waals surface area contributed by atoms with Crippen LogP contribution in [0, 0.1) is 0 Å². The van der Waals surface area contributed by atoms with Gasteiger partial charge in [-0.1, -0.05) is 0 Å². The van der Waals surface area contributed by atoms with Crippen molar-refractivity contribution in [3.8, 4) is 11.5 Å². The first-order chi connectivity index (χ1) is 10.2. The second kappa shape index (κ2) is 5.70. The first kappa shape index (κ1) is 13.2. The van der Waals surface area contributed by atoms with Gasteiger partial charge in [-0.05, 0) is 24.3 Å². The zero-order valence-corrected chi connectivity index (χ0v) is 11.1. The second-order valence-corrected chi connectivity index (χ2v) is 4.52. The smallest absolute Gasteiger partial charge is 0.231 e. The SMILES string of the molecule is O=C(CCC(=O)c1ccco1)Nc1ccc2c(c1)OCO2. The molecule has 2 heterocycles. The number of carbonyl (C=O) groups excluding carboxylic acids is 2. The van der Waals surface area contributed by atoms with Crippen molar-refractivity contribution in [3.63, 3.8) is 0 Å². The van der Waals surface area contributed by atoms with Crippen LogP contribution in [0.1, 0.15) is 23.4 Å². The van der Waals surface area contributed by atoms with Gasteiger partial charge >= 0.3 is 0 Å². The lowest BCUT2D eigenvalue weighted by atomic mass is 10.1. The summed E-state index contributed by atoms with van der Waals surface area (Å²) in [6, 6.07) is 8.36. The van der Waals surface area contributed by atoms with Gasteiger partial charge in [0.1, 0.15) is 0 Å². The predicted octanol–water partition coefficient (Wildman–Crippen LogP) is 2.61. The Bertz CT molecular complexity index is 663. The van der Waals surface area contributed by atoms with E-state index in [-0.39, 0.29) is 37.1 Å². The third-order valence-electron chi connectivity index (χ3n) is 3.03. The first-order valence-electron chi connectivity index (χ1n) is 6.48. The van der Waals surface area contributed by atoms with Gasteiger partial charge in [0.25, 0.3) is 0 Å². The standard InChI is InChI=1S/C15H13NO5/c17-11(12-2-1-7-19-12)4-6-15(18)16-10-3-5-13-14(8-10)21-9-20-13/h1-3,5,7-8H,4,6,9H2,(H,16,18). The molecule has 0 aliphatic carbocycles. The van der Waals surface area contributed by atoms with Crippen molar-refractivity contribution in [2.24, 2.45) is 0 Å². The molecule has 1 aliphatic rings. The second-order valence-electron chi connectivity index (χ2n) is 4.52. The Hall–Kier alpha value is -2.76. The lowest BCUT2D eigenvalue weighted by Gasteiger charge is -2.05. The van der Waals surface area contributed by atoms with Crippen LogP contribution in [0.2, 0.25) is 0 Å². The highest BCUT2D eigenvalue weighted by molar-refractivity contribution is 5.98. The average Bonchev–Trinajstić information content (AvgIpc) is 3.15. The number of furan rings is 1. The third kappa shape index (κ3) is 3.05. The molecule has 1 aromatic carbocycles. The van der Waals surface area contributed by atoms with Gasteiger partial charge in [0.15, 0.2) is 23.0 Å². The van der Waals surface area contributed by atoms with E-state index in [1.165, 1.54) is 6.26 Å². The Morgan fingerprint density at radius 2 is 1.95 bits per heavy atom. The minimum atomic E-state index is -0.242. The summed E-state index contributed by atoms with van der Waals surface area (Å²) in [5.74, 6) is 1.08. The van der Waals surface area contributed by atoms with Crippen LogP contribution in [0.4, 0.5) is 5.69 Å². The maximum absolute atomic E-state index is 11.8.